The average molecular weight is 417 g/mol. The van der Waals surface area contributed by atoms with E-state index in [1.165, 1.54) is 12.1 Å². The molecule has 112 valence electrons. The van der Waals surface area contributed by atoms with Crippen LogP contribution in [0.1, 0.15) is 36.2 Å². The van der Waals surface area contributed by atoms with Crippen LogP contribution in [0.3, 0.4) is 0 Å². The first-order chi connectivity index (χ1) is 9.07. The number of rotatable bonds is 4. The van der Waals surface area contributed by atoms with Crippen molar-refractivity contribution in [1.29, 1.82) is 0 Å². The zero-order valence-electron chi connectivity index (χ0n) is 10.9. The van der Waals surface area contributed by atoms with E-state index in [1.54, 1.807) is 0 Å². The van der Waals surface area contributed by atoms with Gasteiger partial charge in [0, 0.05) is 20.9 Å². The minimum absolute atomic E-state index is 0.0110. The van der Waals surface area contributed by atoms with Crippen LogP contribution in [0.4, 0.5) is 13.2 Å². The molecule has 0 fully saturated rings. The molecule has 20 heavy (non-hydrogen) atoms. The molecule has 0 radical (unpaired) electrons. The Bertz CT molecular complexity index is 501. The molecule has 2 nitrogen and oxygen atoms in total. The fourth-order valence-electron chi connectivity index (χ4n) is 1.56. The maximum atomic E-state index is 12.8. The van der Waals surface area contributed by atoms with Gasteiger partial charge in [-0.05, 0) is 38.5 Å². The maximum Gasteiger partial charge on any atom is 0.417 e. The Morgan fingerprint density at radius 1 is 1.30 bits per heavy atom. The van der Waals surface area contributed by atoms with Crippen molar-refractivity contribution in [3.8, 4) is 0 Å². The second-order valence-electron chi connectivity index (χ2n) is 4.97. The molecule has 0 aliphatic heterocycles. The number of amides is 1. The summed E-state index contributed by atoms with van der Waals surface area (Å²) in [7, 11) is 0. The fraction of sp³-hybridized carbons (Fsp3) is 0.462. The summed E-state index contributed by atoms with van der Waals surface area (Å²) >= 11 is 6.12. The van der Waals surface area contributed by atoms with Crippen molar-refractivity contribution in [2.75, 3.05) is 5.33 Å². The normalized spacial score (nSPS) is 12.3. The minimum Gasteiger partial charge on any atom is -0.347 e. The molecular weight excluding hydrogens is 403 g/mol. The lowest BCUT2D eigenvalue weighted by Gasteiger charge is -2.25. The maximum absolute atomic E-state index is 12.8. The molecule has 0 aliphatic carbocycles. The molecule has 0 saturated carbocycles. The fourth-order valence-corrected chi connectivity index (χ4v) is 3.02. The van der Waals surface area contributed by atoms with Crippen LogP contribution in [0.25, 0.3) is 0 Å². The van der Waals surface area contributed by atoms with Crippen LogP contribution in [-0.2, 0) is 6.18 Å². The van der Waals surface area contributed by atoms with E-state index in [0.717, 1.165) is 6.07 Å². The Labute approximate surface area is 132 Å². The monoisotopic (exact) mass is 415 g/mol. The van der Waals surface area contributed by atoms with Crippen molar-refractivity contribution in [1.82, 2.24) is 5.32 Å². The summed E-state index contributed by atoms with van der Waals surface area (Å²) in [6, 6.07) is 3.44. The molecule has 1 N–H and O–H groups in total. The predicted molar refractivity (Wildman–Crippen MR) is 79.1 cm³/mol. The van der Waals surface area contributed by atoms with E-state index in [9.17, 15) is 18.0 Å². The topological polar surface area (TPSA) is 29.1 Å². The standard InChI is InChI=1S/C13H14Br2F3NO/c1-12(2,5-6-14)19-11(20)8-3-4-10(15)9(7-8)13(16,17)18/h3-4,7H,5-6H2,1-2H3,(H,19,20). The van der Waals surface area contributed by atoms with Gasteiger partial charge >= 0.3 is 6.18 Å². The SMILES string of the molecule is CC(C)(CCBr)NC(=O)c1ccc(Br)c(C(F)(F)F)c1. The van der Waals surface area contributed by atoms with Gasteiger partial charge in [-0.15, -0.1) is 0 Å². The van der Waals surface area contributed by atoms with E-state index < -0.39 is 23.2 Å². The first-order valence-electron chi connectivity index (χ1n) is 5.82. The van der Waals surface area contributed by atoms with Crippen LogP contribution in [0.15, 0.2) is 22.7 Å². The summed E-state index contributed by atoms with van der Waals surface area (Å²) in [6.45, 7) is 3.63. The summed E-state index contributed by atoms with van der Waals surface area (Å²) in [6.07, 6.45) is -3.83. The molecule has 0 saturated heterocycles. The predicted octanol–water partition coefficient (Wildman–Crippen LogP) is 4.76. The van der Waals surface area contributed by atoms with Crippen molar-refractivity contribution in [2.24, 2.45) is 0 Å². The van der Waals surface area contributed by atoms with Gasteiger partial charge in [-0.1, -0.05) is 31.9 Å². The quantitative estimate of drug-likeness (QED) is 0.704. The van der Waals surface area contributed by atoms with Gasteiger partial charge in [0.2, 0.25) is 0 Å². The zero-order valence-corrected chi connectivity index (χ0v) is 14.1. The highest BCUT2D eigenvalue weighted by Crippen LogP contribution is 2.35. The number of hydrogen-bond donors (Lipinski definition) is 1. The number of hydrogen-bond acceptors (Lipinski definition) is 1. The van der Waals surface area contributed by atoms with Crippen LogP contribution in [-0.4, -0.2) is 16.8 Å². The summed E-state index contributed by atoms with van der Waals surface area (Å²) in [5.41, 5.74) is -1.36. The van der Waals surface area contributed by atoms with Crippen LogP contribution < -0.4 is 5.32 Å². The first-order valence-corrected chi connectivity index (χ1v) is 7.73. The third kappa shape index (κ3) is 4.77. The van der Waals surface area contributed by atoms with Crippen LogP contribution in [0.5, 0.6) is 0 Å². The van der Waals surface area contributed by atoms with E-state index in [4.69, 9.17) is 0 Å². The number of carbonyl (C=O) groups excluding carboxylic acids is 1. The van der Waals surface area contributed by atoms with Gasteiger partial charge < -0.3 is 5.32 Å². The van der Waals surface area contributed by atoms with Gasteiger partial charge in [-0.3, -0.25) is 4.79 Å². The molecule has 1 aromatic carbocycles. The van der Waals surface area contributed by atoms with Gasteiger partial charge in [-0.25, -0.2) is 0 Å². The van der Waals surface area contributed by atoms with E-state index in [2.05, 4.69) is 37.2 Å². The molecule has 0 heterocycles. The molecule has 0 unspecified atom stereocenters. The van der Waals surface area contributed by atoms with E-state index in [-0.39, 0.29) is 10.0 Å². The lowest BCUT2D eigenvalue weighted by atomic mass is 10.0. The highest BCUT2D eigenvalue weighted by Gasteiger charge is 2.34. The molecule has 0 bridgehead atoms. The summed E-state index contributed by atoms with van der Waals surface area (Å²) < 4.78 is 38.3. The molecular formula is C13H14Br2F3NO. The van der Waals surface area contributed by atoms with Gasteiger partial charge in [-0.2, -0.15) is 13.2 Å². The molecule has 7 heteroatoms. The van der Waals surface area contributed by atoms with Crippen molar-refractivity contribution < 1.29 is 18.0 Å². The third-order valence-electron chi connectivity index (χ3n) is 2.71. The van der Waals surface area contributed by atoms with Gasteiger partial charge in [0.15, 0.2) is 0 Å². The molecule has 1 rings (SSSR count). The molecule has 0 aromatic heterocycles. The number of carbonyl (C=O) groups is 1. The van der Waals surface area contributed by atoms with Crippen LogP contribution >= 0.6 is 31.9 Å². The summed E-state index contributed by atoms with van der Waals surface area (Å²) in [4.78, 5) is 12.0. The van der Waals surface area contributed by atoms with E-state index in [1.807, 2.05) is 13.8 Å². The van der Waals surface area contributed by atoms with E-state index in [0.29, 0.717) is 11.8 Å². The Balaban J connectivity index is 3.01. The highest BCUT2D eigenvalue weighted by molar-refractivity contribution is 9.10. The molecule has 0 atom stereocenters. The second kappa shape index (κ2) is 6.47. The zero-order chi connectivity index (χ0) is 15.6. The van der Waals surface area contributed by atoms with Gasteiger partial charge in [0.05, 0.1) is 5.56 Å². The van der Waals surface area contributed by atoms with E-state index >= 15 is 0 Å². The smallest absolute Gasteiger partial charge is 0.347 e. The number of halogens is 5. The summed E-state index contributed by atoms with van der Waals surface area (Å²) in [5.74, 6) is -0.519. The largest absolute Gasteiger partial charge is 0.417 e. The second-order valence-corrected chi connectivity index (χ2v) is 6.62. The summed E-state index contributed by atoms with van der Waals surface area (Å²) in [5, 5.41) is 3.41. The van der Waals surface area contributed by atoms with Crippen molar-refractivity contribution in [3.05, 3.63) is 33.8 Å². The third-order valence-corrected chi connectivity index (χ3v) is 3.79. The van der Waals surface area contributed by atoms with Gasteiger partial charge in [0.25, 0.3) is 5.91 Å². The lowest BCUT2D eigenvalue weighted by Crippen LogP contribution is -2.43. The van der Waals surface area contributed by atoms with Crippen molar-refractivity contribution in [2.45, 2.75) is 32.0 Å². The molecule has 0 aliphatic rings. The first kappa shape index (κ1) is 17.5. The van der Waals surface area contributed by atoms with Crippen LogP contribution in [0, 0.1) is 0 Å². The molecule has 1 aromatic rings. The number of benzene rings is 1. The molecule has 0 spiro atoms. The van der Waals surface area contributed by atoms with Crippen molar-refractivity contribution in [3.63, 3.8) is 0 Å². The lowest BCUT2D eigenvalue weighted by molar-refractivity contribution is -0.138. The molecule has 1 amide bonds. The Morgan fingerprint density at radius 2 is 1.90 bits per heavy atom. The highest BCUT2D eigenvalue weighted by atomic mass is 79.9. The number of nitrogens with one attached hydrogen (secondary N) is 1. The Morgan fingerprint density at radius 3 is 2.40 bits per heavy atom. The van der Waals surface area contributed by atoms with Gasteiger partial charge in [0.1, 0.15) is 0 Å². The Hall–Kier alpha value is -0.560. The minimum atomic E-state index is -4.50. The van der Waals surface area contributed by atoms with Crippen LogP contribution in [0.2, 0.25) is 0 Å². The number of alkyl halides is 4. The average Bonchev–Trinajstić information content (AvgIpc) is 2.26. The Kier molecular flexibility index (Phi) is 5.66. The van der Waals surface area contributed by atoms with Crippen molar-refractivity contribution >= 4 is 37.8 Å².